The van der Waals surface area contributed by atoms with E-state index in [4.69, 9.17) is 5.73 Å². The number of nitrogens with one attached hydrogen (secondary N) is 1. The van der Waals surface area contributed by atoms with Gasteiger partial charge in [0.25, 0.3) is 5.91 Å². The number of hydrogen-bond acceptors (Lipinski definition) is 3. The summed E-state index contributed by atoms with van der Waals surface area (Å²) in [5, 5.41) is 6.72. The van der Waals surface area contributed by atoms with Crippen molar-refractivity contribution in [2.45, 2.75) is 26.3 Å². The molecule has 1 aromatic rings. The minimum Gasteiger partial charge on any atom is -0.345 e. The molecule has 1 aromatic heterocycles. The topological polar surface area (TPSA) is 55.1 Å². The third-order valence-corrected chi connectivity index (χ3v) is 3.56. The molecule has 0 aliphatic heterocycles. The Morgan fingerprint density at radius 2 is 2.33 bits per heavy atom. The second kappa shape index (κ2) is 4.77. The van der Waals surface area contributed by atoms with Gasteiger partial charge in [-0.05, 0) is 24.3 Å². The molecule has 1 atom stereocenters. The van der Waals surface area contributed by atoms with Gasteiger partial charge in [-0.2, -0.15) is 11.3 Å². The summed E-state index contributed by atoms with van der Waals surface area (Å²) in [4.78, 5) is 11.8. The summed E-state index contributed by atoms with van der Waals surface area (Å²) >= 11 is 1.52. The summed E-state index contributed by atoms with van der Waals surface area (Å²) in [5.74, 6) is 0.267. The smallest absolute Gasteiger partial charge is 0.252 e. The number of amides is 1. The number of thiophene rings is 1. The van der Waals surface area contributed by atoms with Gasteiger partial charge >= 0.3 is 0 Å². The van der Waals surface area contributed by atoms with Crippen molar-refractivity contribution in [1.29, 1.82) is 0 Å². The average Bonchev–Trinajstić information content (AvgIpc) is 2.70. The molecule has 84 valence electrons. The van der Waals surface area contributed by atoms with Crippen LogP contribution in [0.25, 0.3) is 0 Å². The van der Waals surface area contributed by atoms with Crippen LogP contribution >= 0.6 is 11.3 Å². The Hall–Kier alpha value is -0.870. The first-order valence-corrected chi connectivity index (χ1v) is 5.98. The zero-order valence-corrected chi connectivity index (χ0v) is 10.2. The van der Waals surface area contributed by atoms with E-state index in [-0.39, 0.29) is 11.4 Å². The van der Waals surface area contributed by atoms with E-state index in [2.05, 4.69) is 19.2 Å². The first-order chi connectivity index (χ1) is 6.99. The average molecular weight is 226 g/mol. The highest BCUT2D eigenvalue weighted by molar-refractivity contribution is 7.08. The molecule has 0 aliphatic carbocycles. The highest BCUT2D eigenvalue weighted by atomic mass is 32.1. The van der Waals surface area contributed by atoms with Crippen molar-refractivity contribution < 1.29 is 4.79 Å². The highest BCUT2D eigenvalue weighted by Gasteiger charge is 2.28. The van der Waals surface area contributed by atoms with E-state index in [0.717, 1.165) is 0 Å². The SMILES string of the molecule is CC(C)C(C)(CN)NC(=O)c1ccsc1. The van der Waals surface area contributed by atoms with E-state index in [1.54, 1.807) is 0 Å². The van der Waals surface area contributed by atoms with E-state index in [9.17, 15) is 4.79 Å². The van der Waals surface area contributed by atoms with Crippen LogP contribution in [0.1, 0.15) is 31.1 Å². The third kappa shape index (κ3) is 2.79. The van der Waals surface area contributed by atoms with Gasteiger partial charge in [0.1, 0.15) is 0 Å². The summed E-state index contributed by atoms with van der Waals surface area (Å²) in [5.41, 5.74) is 6.07. The van der Waals surface area contributed by atoms with Crippen molar-refractivity contribution in [3.8, 4) is 0 Å². The van der Waals surface area contributed by atoms with Crippen LogP contribution < -0.4 is 11.1 Å². The molecular formula is C11H18N2OS. The van der Waals surface area contributed by atoms with Crippen LogP contribution in [0.2, 0.25) is 0 Å². The molecule has 1 rings (SSSR count). The molecule has 0 radical (unpaired) electrons. The summed E-state index contributed by atoms with van der Waals surface area (Å²) in [6.07, 6.45) is 0. The zero-order valence-electron chi connectivity index (χ0n) is 9.41. The van der Waals surface area contributed by atoms with Gasteiger partial charge in [0.05, 0.1) is 11.1 Å². The largest absolute Gasteiger partial charge is 0.345 e. The fourth-order valence-corrected chi connectivity index (χ4v) is 1.79. The second-order valence-corrected chi connectivity index (χ2v) is 5.02. The minimum atomic E-state index is -0.334. The first kappa shape index (κ1) is 12.2. The van der Waals surface area contributed by atoms with E-state index >= 15 is 0 Å². The second-order valence-electron chi connectivity index (χ2n) is 4.24. The molecule has 1 heterocycles. The quantitative estimate of drug-likeness (QED) is 0.823. The maximum atomic E-state index is 11.8. The van der Waals surface area contributed by atoms with Crippen LogP contribution in [0.4, 0.5) is 0 Å². The molecule has 3 nitrogen and oxygen atoms in total. The molecule has 0 saturated heterocycles. The number of hydrogen-bond donors (Lipinski definition) is 2. The molecule has 1 unspecified atom stereocenters. The number of carbonyl (C=O) groups excluding carboxylic acids is 1. The zero-order chi connectivity index (χ0) is 11.5. The van der Waals surface area contributed by atoms with Crippen molar-refractivity contribution in [1.82, 2.24) is 5.32 Å². The lowest BCUT2D eigenvalue weighted by molar-refractivity contribution is 0.0883. The summed E-state index contributed by atoms with van der Waals surface area (Å²) < 4.78 is 0. The van der Waals surface area contributed by atoms with Crippen molar-refractivity contribution in [2.75, 3.05) is 6.54 Å². The molecule has 0 bridgehead atoms. The van der Waals surface area contributed by atoms with Gasteiger partial charge in [0.15, 0.2) is 0 Å². The molecule has 0 aliphatic rings. The third-order valence-electron chi connectivity index (χ3n) is 2.88. The van der Waals surface area contributed by atoms with Crippen LogP contribution in [-0.2, 0) is 0 Å². The van der Waals surface area contributed by atoms with Crippen molar-refractivity contribution in [3.05, 3.63) is 22.4 Å². The number of carbonyl (C=O) groups is 1. The standard InChI is InChI=1S/C11H18N2OS/c1-8(2)11(3,7-12)13-10(14)9-4-5-15-6-9/h4-6,8H,7,12H2,1-3H3,(H,13,14). The Morgan fingerprint density at radius 1 is 1.67 bits per heavy atom. The maximum absolute atomic E-state index is 11.8. The Morgan fingerprint density at radius 3 is 2.73 bits per heavy atom. The van der Waals surface area contributed by atoms with Gasteiger partial charge in [0.2, 0.25) is 0 Å². The molecule has 0 aromatic carbocycles. The molecule has 4 heteroatoms. The van der Waals surface area contributed by atoms with Gasteiger partial charge in [-0.3, -0.25) is 4.79 Å². The maximum Gasteiger partial charge on any atom is 0.252 e. The molecule has 15 heavy (non-hydrogen) atoms. The predicted octanol–water partition coefficient (Wildman–Crippen LogP) is 1.85. The van der Waals surface area contributed by atoms with E-state index in [1.807, 2.05) is 23.8 Å². The Bertz CT molecular complexity index is 321. The van der Waals surface area contributed by atoms with E-state index in [0.29, 0.717) is 18.0 Å². The van der Waals surface area contributed by atoms with Crippen molar-refractivity contribution in [2.24, 2.45) is 11.7 Å². The summed E-state index contributed by atoms with van der Waals surface area (Å²) in [7, 11) is 0. The number of nitrogens with two attached hydrogens (primary N) is 1. The van der Waals surface area contributed by atoms with Crippen LogP contribution in [-0.4, -0.2) is 18.0 Å². The lowest BCUT2D eigenvalue weighted by atomic mass is 9.88. The Balaban J connectivity index is 2.72. The van der Waals surface area contributed by atoms with E-state index < -0.39 is 0 Å². The minimum absolute atomic E-state index is 0.0436. The molecule has 0 fully saturated rings. The lowest BCUT2D eigenvalue weighted by Crippen LogP contribution is -2.54. The summed E-state index contributed by atoms with van der Waals surface area (Å²) in [6.45, 7) is 6.53. The van der Waals surface area contributed by atoms with Gasteiger partial charge in [-0.15, -0.1) is 0 Å². The van der Waals surface area contributed by atoms with E-state index in [1.165, 1.54) is 11.3 Å². The van der Waals surface area contributed by atoms with Gasteiger partial charge < -0.3 is 11.1 Å². The predicted molar refractivity (Wildman–Crippen MR) is 64.1 cm³/mol. The molecule has 0 spiro atoms. The van der Waals surface area contributed by atoms with Gasteiger partial charge in [0, 0.05) is 11.9 Å². The molecular weight excluding hydrogens is 208 g/mol. The fourth-order valence-electron chi connectivity index (χ4n) is 1.16. The fraction of sp³-hybridized carbons (Fsp3) is 0.545. The Kier molecular flexibility index (Phi) is 3.88. The van der Waals surface area contributed by atoms with Crippen LogP contribution in [0.5, 0.6) is 0 Å². The molecule has 1 amide bonds. The summed E-state index contributed by atoms with van der Waals surface area (Å²) in [6, 6.07) is 1.82. The monoisotopic (exact) mass is 226 g/mol. The van der Waals surface area contributed by atoms with Crippen molar-refractivity contribution >= 4 is 17.2 Å². The highest BCUT2D eigenvalue weighted by Crippen LogP contribution is 2.16. The van der Waals surface area contributed by atoms with Crippen LogP contribution in [0.3, 0.4) is 0 Å². The van der Waals surface area contributed by atoms with Crippen LogP contribution in [0, 0.1) is 5.92 Å². The first-order valence-electron chi connectivity index (χ1n) is 5.04. The van der Waals surface area contributed by atoms with Gasteiger partial charge in [-0.1, -0.05) is 13.8 Å². The lowest BCUT2D eigenvalue weighted by Gasteiger charge is -2.33. The normalized spacial score (nSPS) is 15.0. The van der Waals surface area contributed by atoms with Crippen molar-refractivity contribution in [3.63, 3.8) is 0 Å². The van der Waals surface area contributed by atoms with Gasteiger partial charge in [-0.25, -0.2) is 0 Å². The van der Waals surface area contributed by atoms with Crippen LogP contribution in [0.15, 0.2) is 16.8 Å². The number of rotatable bonds is 4. The molecule has 0 saturated carbocycles. The Labute approximate surface area is 94.7 Å². The molecule has 3 N–H and O–H groups in total.